The van der Waals surface area contributed by atoms with E-state index in [0.717, 1.165) is 5.76 Å². The van der Waals surface area contributed by atoms with Gasteiger partial charge in [0.1, 0.15) is 5.76 Å². The van der Waals surface area contributed by atoms with Crippen molar-refractivity contribution >= 4 is 5.91 Å². The Morgan fingerprint density at radius 3 is 2.79 bits per heavy atom. The Hall–Kier alpha value is -1.37. The molecule has 1 amide bonds. The second-order valence-electron chi connectivity index (χ2n) is 4.60. The predicted octanol–water partition coefficient (Wildman–Crippen LogP) is 0.362. The molecule has 0 fully saturated rings. The first-order valence-electron chi connectivity index (χ1n) is 6.27. The Morgan fingerprint density at radius 1 is 1.58 bits per heavy atom. The molecule has 0 aliphatic carbocycles. The quantitative estimate of drug-likeness (QED) is 0.712. The van der Waals surface area contributed by atoms with Crippen LogP contribution in [0.4, 0.5) is 0 Å². The van der Waals surface area contributed by atoms with E-state index in [1.165, 1.54) is 0 Å². The topological polar surface area (TPSA) is 80.7 Å². The van der Waals surface area contributed by atoms with Crippen molar-refractivity contribution in [1.29, 1.82) is 0 Å². The van der Waals surface area contributed by atoms with Gasteiger partial charge in [-0.2, -0.15) is 0 Å². The first kappa shape index (κ1) is 15.7. The minimum Gasteiger partial charge on any atom is -0.468 e. The number of nitrogens with one attached hydrogen (secondary N) is 1. The molecule has 0 aromatic carbocycles. The number of carbonyl (C=O) groups excluding carboxylic acids is 1. The van der Waals surface area contributed by atoms with Gasteiger partial charge in [0.05, 0.1) is 24.8 Å². The van der Waals surface area contributed by atoms with Crippen LogP contribution in [0.2, 0.25) is 0 Å². The number of carbonyl (C=O) groups is 1. The summed E-state index contributed by atoms with van der Waals surface area (Å²) in [5.41, 5.74) is 5.48. The number of nitrogens with two attached hydrogens (primary N) is 1. The second-order valence-corrected chi connectivity index (χ2v) is 4.60. The van der Waals surface area contributed by atoms with E-state index >= 15 is 0 Å². The summed E-state index contributed by atoms with van der Waals surface area (Å²) in [6.07, 6.45) is 1.66. The smallest absolute Gasteiger partial charge is 0.222 e. The summed E-state index contributed by atoms with van der Waals surface area (Å²) in [6, 6.07) is 3.75. The van der Waals surface area contributed by atoms with E-state index in [1.54, 1.807) is 13.4 Å². The van der Waals surface area contributed by atoms with E-state index in [0.29, 0.717) is 13.1 Å². The third-order valence-corrected chi connectivity index (χ3v) is 3.00. The number of ether oxygens (including phenoxy) is 1. The second kappa shape index (κ2) is 7.93. The van der Waals surface area contributed by atoms with E-state index in [-0.39, 0.29) is 24.5 Å². The molecule has 0 aliphatic heterocycles. The molecular weight excluding hydrogens is 246 g/mol. The Balaban J connectivity index is 2.47. The van der Waals surface area contributed by atoms with Crippen LogP contribution in [0.15, 0.2) is 22.8 Å². The van der Waals surface area contributed by atoms with Crippen molar-refractivity contribution in [2.45, 2.75) is 18.6 Å². The lowest BCUT2D eigenvalue weighted by Crippen LogP contribution is -2.37. The number of likely N-dealkylation sites (N-methyl/N-ethyl adjacent to an activating group) is 1. The minimum atomic E-state index is -0.235. The summed E-state index contributed by atoms with van der Waals surface area (Å²) < 4.78 is 10.5. The fourth-order valence-corrected chi connectivity index (χ4v) is 1.77. The zero-order valence-corrected chi connectivity index (χ0v) is 11.8. The van der Waals surface area contributed by atoms with E-state index in [9.17, 15) is 4.79 Å². The lowest BCUT2D eigenvalue weighted by atomic mass is 10.2. The zero-order valence-electron chi connectivity index (χ0n) is 11.8. The average Bonchev–Trinajstić information content (AvgIpc) is 2.89. The molecule has 0 spiro atoms. The van der Waals surface area contributed by atoms with Gasteiger partial charge in [0.15, 0.2) is 0 Å². The zero-order chi connectivity index (χ0) is 14.3. The van der Waals surface area contributed by atoms with Crippen LogP contribution < -0.4 is 11.1 Å². The Bertz CT molecular complexity index is 361. The van der Waals surface area contributed by atoms with E-state index < -0.39 is 0 Å². The summed E-state index contributed by atoms with van der Waals surface area (Å²) in [6.45, 7) is 0.819. The normalized spacial score (nSPS) is 14.4. The lowest BCUT2D eigenvalue weighted by Gasteiger charge is -2.23. The van der Waals surface area contributed by atoms with Crippen molar-refractivity contribution < 1.29 is 13.9 Å². The summed E-state index contributed by atoms with van der Waals surface area (Å²) in [7, 11) is 5.44. The molecule has 3 N–H and O–H groups in total. The van der Waals surface area contributed by atoms with Crippen molar-refractivity contribution in [3.63, 3.8) is 0 Å². The highest BCUT2D eigenvalue weighted by atomic mass is 16.5. The van der Waals surface area contributed by atoms with Gasteiger partial charge in [0.2, 0.25) is 5.91 Å². The number of nitrogens with zero attached hydrogens (tertiary/aromatic N) is 1. The Labute approximate surface area is 113 Å². The minimum absolute atomic E-state index is 0.0119. The SMILES string of the molecule is COC(CN)CC(=O)NCC(c1ccco1)N(C)C. The van der Waals surface area contributed by atoms with Crippen LogP contribution in [0.5, 0.6) is 0 Å². The van der Waals surface area contributed by atoms with E-state index in [2.05, 4.69) is 5.32 Å². The molecule has 0 bridgehead atoms. The summed E-state index contributed by atoms with van der Waals surface area (Å²) in [5.74, 6) is 0.753. The molecule has 1 aromatic rings. The maximum absolute atomic E-state index is 11.8. The molecular formula is C13H23N3O3. The van der Waals surface area contributed by atoms with Gasteiger partial charge in [-0.25, -0.2) is 0 Å². The highest BCUT2D eigenvalue weighted by molar-refractivity contribution is 5.76. The van der Waals surface area contributed by atoms with Crippen molar-refractivity contribution in [2.75, 3.05) is 34.3 Å². The number of methoxy groups -OCH3 is 1. The third-order valence-electron chi connectivity index (χ3n) is 3.00. The molecule has 2 unspecified atom stereocenters. The maximum Gasteiger partial charge on any atom is 0.222 e. The molecule has 1 heterocycles. The molecule has 19 heavy (non-hydrogen) atoms. The molecule has 2 atom stereocenters. The van der Waals surface area contributed by atoms with Gasteiger partial charge in [0, 0.05) is 20.2 Å². The van der Waals surface area contributed by atoms with Crippen molar-refractivity contribution in [1.82, 2.24) is 10.2 Å². The van der Waals surface area contributed by atoms with E-state index in [1.807, 2.05) is 31.1 Å². The molecule has 1 aromatic heterocycles. The van der Waals surface area contributed by atoms with Gasteiger partial charge < -0.3 is 20.2 Å². The first-order valence-corrected chi connectivity index (χ1v) is 6.27. The number of rotatable bonds is 8. The molecule has 1 rings (SSSR count). The van der Waals surface area contributed by atoms with Gasteiger partial charge in [-0.05, 0) is 26.2 Å². The number of hydrogen-bond donors (Lipinski definition) is 2. The standard InChI is InChI=1S/C13H23N3O3/c1-16(2)11(12-5-4-6-19-12)9-15-13(17)7-10(8-14)18-3/h4-6,10-11H,7-9,14H2,1-3H3,(H,15,17). The fourth-order valence-electron chi connectivity index (χ4n) is 1.77. The molecule has 108 valence electrons. The molecule has 0 radical (unpaired) electrons. The van der Waals surface area contributed by atoms with E-state index in [4.69, 9.17) is 14.9 Å². The Kier molecular flexibility index (Phi) is 6.55. The first-order chi connectivity index (χ1) is 9.08. The fraction of sp³-hybridized carbons (Fsp3) is 0.615. The van der Waals surface area contributed by atoms with Crippen LogP contribution in [-0.2, 0) is 9.53 Å². The lowest BCUT2D eigenvalue weighted by molar-refractivity contribution is -0.123. The largest absolute Gasteiger partial charge is 0.468 e. The highest BCUT2D eigenvalue weighted by Gasteiger charge is 2.18. The molecule has 6 nitrogen and oxygen atoms in total. The van der Waals surface area contributed by atoms with Crippen molar-refractivity contribution in [3.8, 4) is 0 Å². The van der Waals surface area contributed by atoms with Gasteiger partial charge in [0.25, 0.3) is 0 Å². The van der Waals surface area contributed by atoms with Crippen LogP contribution in [0, 0.1) is 0 Å². The number of hydrogen-bond acceptors (Lipinski definition) is 5. The van der Waals surface area contributed by atoms with Crippen LogP contribution in [0.1, 0.15) is 18.2 Å². The molecule has 0 saturated heterocycles. The van der Waals surface area contributed by atoms with Gasteiger partial charge in [-0.3, -0.25) is 9.69 Å². The van der Waals surface area contributed by atoms with Gasteiger partial charge in [-0.15, -0.1) is 0 Å². The van der Waals surface area contributed by atoms with Gasteiger partial charge in [-0.1, -0.05) is 0 Å². The number of amides is 1. The highest BCUT2D eigenvalue weighted by Crippen LogP contribution is 2.17. The molecule has 0 aliphatic rings. The van der Waals surface area contributed by atoms with Crippen LogP contribution in [0.25, 0.3) is 0 Å². The summed E-state index contributed by atoms with van der Waals surface area (Å²) in [4.78, 5) is 13.8. The predicted molar refractivity (Wildman–Crippen MR) is 72.6 cm³/mol. The van der Waals surface area contributed by atoms with Crippen molar-refractivity contribution in [3.05, 3.63) is 24.2 Å². The van der Waals surface area contributed by atoms with Crippen LogP contribution in [0.3, 0.4) is 0 Å². The average molecular weight is 269 g/mol. The monoisotopic (exact) mass is 269 g/mol. The third kappa shape index (κ3) is 5.02. The van der Waals surface area contributed by atoms with Crippen LogP contribution >= 0.6 is 0 Å². The summed E-state index contributed by atoms with van der Waals surface area (Å²) >= 11 is 0. The molecule has 6 heteroatoms. The van der Waals surface area contributed by atoms with Crippen LogP contribution in [-0.4, -0.2) is 51.2 Å². The summed E-state index contributed by atoms with van der Waals surface area (Å²) in [5, 5.41) is 2.88. The Morgan fingerprint density at radius 2 is 2.32 bits per heavy atom. The maximum atomic E-state index is 11.8. The van der Waals surface area contributed by atoms with Crippen molar-refractivity contribution in [2.24, 2.45) is 5.73 Å². The molecule has 0 saturated carbocycles. The number of furan rings is 1. The van der Waals surface area contributed by atoms with Gasteiger partial charge >= 0.3 is 0 Å².